The Balaban J connectivity index is 1.57. The Morgan fingerprint density at radius 1 is 1.39 bits per heavy atom. The number of hydrogen-bond donors (Lipinski definition) is 1. The van der Waals surface area contributed by atoms with Gasteiger partial charge >= 0.3 is 5.56 Å². The van der Waals surface area contributed by atoms with Gasteiger partial charge in [0.05, 0.1) is 12.2 Å². The number of hydrogen-bond acceptors (Lipinski definition) is 8. The number of amides is 1. The third kappa shape index (κ3) is 3.33. The van der Waals surface area contributed by atoms with E-state index in [0.29, 0.717) is 35.3 Å². The van der Waals surface area contributed by atoms with E-state index in [1.165, 1.54) is 11.3 Å². The zero-order chi connectivity index (χ0) is 19.7. The van der Waals surface area contributed by atoms with Crippen LogP contribution in [0.5, 0.6) is 0 Å². The lowest BCUT2D eigenvalue weighted by atomic mass is 10.2. The first-order valence-electron chi connectivity index (χ1n) is 8.97. The largest absolute Gasteiger partial charge is 0.347 e. The minimum absolute atomic E-state index is 0.124. The van der Waals surface area contributed by atoms with Gasteiger partial charge in [-0.1, -0.05) is 18.3 Å². The molecule has 1 aliphatic heterocycles. The molecule has 1 unspecified atom stereocenters. The Labute approximate surface area is 163 Å². The van der Waals surface area contributed by atoms with Crippen molar-refractivity contribution in [3.63, 3.8) is 0 Å². The van der Waals surface area contributed by atoms with Crippen LogP contribution in [-0.4, -0.2) is 43.1 Å². The van der Waals surface area contributed by atoms with E-state index in [1.54, 1.807) is 25.4 Å². The summed E-state index contributed by atoms with van der Waals surface area (Å²) in [5, 5.41) is 7.54. The van der Waals surface area contributed by atoms with Crippen molar-refractivity contribution in [3.8, 4) is 0 Å². The molecule has 11 heteroatoms. The number of aromatic nitrogens is 5. The number of rotatable bonds is 5. The van der Waals surface area contributed by atoms with E-state index in [4.69, 9.17) is 0 Å². The van der Waals surface area contributed by atoms with Gasteiger partial charge in [0.1, 0.15) is 11.9 Å². The quantitative estimate of drug-likeness (QED) is 0.675. The number of nitrogens with one attached hydrogen (secondary N) is 1. The first-order chi connectivity index (χ1) is 13.6. The summed E-state index contributed by atoms with van der Waals surface area (Å²) in [5.41, 5.74) is -0.690. The molecule has 146 valence electrons. The monoisotopic (exact) mass is 403 g/mol. The standard InChI is InChI=1S/C17H18FN7O2S/c1-2-10-13(18)15(27)25-16(22-10)28-17(23-25)24-8-3-5-11(24)14(26)21-9-12-19-6-4-7-20-12/h4,6-7,11H,2-3,5,8-9H2,1H3,(H,21,26). The van der Waals surface area contributed by atoms with E-state index in [9.17, 15) is 14.0 Å². The third-order valence-corrected chi connectivity index (χ3v) is 5.53. The molecule has 1 atom stereocenters. The second-order valence-corrected chi connectivity index (χ2v) is 7.28. The van der Waals surface area contributed by atoms with Crippen LogP contribution in [0.25, 0.3) is 4.96 Å². The number of carbonyl (C=O) groups is 1. The number of aryl methyl sites for hydroxylation is 1. The molecule has 1 saturated heterocycles. The smallest absolute Gasteiger partial charge is 0.311 e. The van der Waals surface area contributed by atoms with Crippen molar-refractivity contribution in [2.75, 3.05) is 11.4 Å². The molecule has 9 nitrogen and oxygen atoms in total. The highest BCUT2D eigenvalue weighted by Crippen LogP contribution is 2.29. The molecule has 1 N–H and O–H groups in total. The summed E-state index contributed by atoms with van der Waals surface area (Å²) in [6, 6.07) is 1.29. The molecule has 0 saturated carbocycles. The Morgan fingerprint density at radius 3 is 2.93 bits per heavy atom. The van der Waals surface area contributed by atoms with Crippen molar-refractivity contribution in [1.82, 2.24) is 29.9 Å². The van der Waals surface area contributed by atoms with Crippen molar-refractivity contribution >= 4 is 27.3 Å². The number of fused-ring (bicyclic) bond motifs is 1. The lowest BCUT2D eigenvalue weighted by Gasteiger charge is -2.22. The van der Waals surface area contributed by atoms with Crippen LogP contribution < -0.4 is 15.8 Å². The number of halogens is 1. The summed E-state index contributed by atoms with van der Waals surface area (Å²) < 4.78 is 15.0. The number of nitrogens with zero attached hydrogens (tertiary/aromatic N) is 6. The molecular formula is C17H18FN7O2S. The average Bonchev–Trinajstić information content (AvgIpc) is 3.36. The second-order valence-electron chi connectivity index (χ2n) is 6.34. The normalized spacial score (nSPS) is 16.6. The van der Waals surface area contributed by atoms with E-state index in [0.717, 1.165) is 10.9 Å². The summed E-state index contributed by atoms with van der Waals surface area (Å²) in [6.45, 7) is 2.59. The van der Waals surface area contributed by atoms with Crippen LogP contribution in [0.3, 0.4) is 0 Å². The fourth-order valence-corrected chi connectivity index (χ4v) is 4.17. The Morgan fingerprint density at radius 2 is 2.18 bits per heavy atom. The van der Waals surface area contributed by atoms with Crippen LogP contribution in [0.4, 0.5) is 9.52 Å². The Bertz CT molecular complexity index is 1070. The first-order valence-corrected chi connectivity index (χ1v) is 9.78. The maximum atomic E-state index is 14.1. The summed E-state index contributed by atoms with van der Waals surface area (Å²) in [6.07, 6.45) is 5.03. The molecule has 0 aromatic carbocycles. The summed E-state index contributed by atoms with van der Waals surface area (Å²) >= 11 is 1.18. The lowest BCUT2D eigenvalue weighted by Crippen LogP contribution is -2.43. The number of carbonyl (C=O) groups excluding carboxylic acids is 1. The summed E-state index contributed by atoms with van der Waals surface area (Å²) in [7, 11) is 0. The Hall–Kier alpha value is -2.95. The van der Waals surface area contributed by atoms with Gasteiger partial charge in [-0.05, 0) is 25.3 Å². The van der Waals surface area contributed by atoms with E-state index in [2.05, 4.69) is 25.4 Å². The van der Waals surface area contributed by atoms with Crippen molar-refractivity contribution in [2.24, 2.45) is 0 Å². The molecule has 0 aliphatic carbocycles. The topological polar surface area (TPSA) is 105 Å². The van der Waals surface area contributed by atoms with E-state index >= 15 is 0 Å². The molecule has 1 amide bonds. The van der Waals surface area contributed by atoms with E-state index in [-0.39, 0.29) is 18.1 Å². The van der Waals surface area contributed by atoms with Crippen LogP contribution >= 0.6 is 11.3 Å². The van der Waals surface area contributed by atoms with Crippen LogP contribution in [0.15, 0.2) is 23.3 Å². The maximum absolute atomic E-state index is 14.1. The molecule has 28 heavy (non-hydrogen) atoms. The van der Waals surface area contributed by atoms with Gasteiger partial charge in [0.25, 0.3) is 0 Å². The molecule has 4 rings (SSSR count). The molecule has 3 aromatic rings. The molecule has 4 heterocycles. The minimum atomic E-state index is -0.879. The molecule has 0 radical (unpaired) electrons. The summed E-state index contributed by atoms with van der Waals surface area (Å²) in [5.74, 6) is -0.515. The van der Waals surface area contributed by atoms with Crippen molar-refractivity contribution < 1.29 is 9.18 Å². The molecular weight excluding hydrogens is 385 g/mol. The minimum Gasteiger partial charge on any atom is -0.347 e. The zero-order valence-electron chi connectivity index (χ0n) is 15.1. The SMILES string of the molecule is CCc1nc2sc(N3CCCC3C(=O)NCc3ncccn3)nn2c(=O)c1F. The highest BCUT2D eigenvalue weighted by atomic mass is 32.1. The molecule has 0 bridgehead atoms. The fraction of sp³-hybridized carbons (Fsp3) is 0.412. The first kappa shape index (κ1) is 18.4. The molecule has 1 fully saturated rings. The van der Waals surface area contributed by atoms with Gasteiger partial charge in [-0.25, -0.2) is 15.0 Å². The van der Waals surface area contributed by atoms with E-state index in [1.807, 2.05) is 4.90 Å². The second kappa shape index (κ2) is 7.58. The predicted octanol–water partition coefficient (Wildman–Crippen LogP) is 0.928. The van der Waals surface area contributed by atoms with Crippen molar-refractivity contribution in [2.45, 2.75) is 38.8 Å². The summed E-state index contributed by atoms with van der Waals surface area (Å²) in [4.78, 5) is 39.4. The van der Waals surface area contributed by atoms with Gasteiger partial charge in [0.15, 0.2) is 0 Å². The average molecular weight is 403 g/mol. The van der Waals surface area contributed by atoms with Gasteiger partial charge in [-0.15, -0.1) is 5.10 Å². The van der Waals surface area contributed by atoms with Crippen LogP contribution in [0.2, 0.25) is 0 Å². The van der Waals surface area contributed by atoms with Crippen molar-refractivity contribution in [1.29, 1.82) is 0 Å². The van der Waals surface area contributed by atoms with Gasteiger partial charge in [-0.3, -0.25) is 9.59 Å². The van der Waals surface area contributed by atoms with Crippen molar-refractivity contribution in [3.05, 3.63) is 46.1 Å². The van der Waals surface area contributed by atoms with Crippen LogP contribution in [-0.2, 0) is 17.8 Å². The maximum Gasteiger partial charge on any atom is 0.311 e. The zero-order valence-corrected chi connectivity index (χ0v) is 15.9. The highest BCUT2D eigenvalue weighted by molar-refractivity contribution is 7.20. The molecule has 0 spiro atoms. The Kier molecular flexibility index (Phi) is 4.99. The van der Waals surface area contributed by atoms with Gasteiger partial charge in [0, 0.05) is 18.9 Å². The lowest BCUT2D eigenvalue weighted by molar-refractivity contribution is -0.122. The predicted molar refractivity (Wildman–Crippen MR) is 101 cm³/mol. The van der Waals surface area contributed by atoms with Gasteiger partial charge in [0.2, 0.25) is 21.8 Å². The van der Waals surface area contributed by atoms with Gasteiger partial charge in [-0.2, -0.15) is 8.91 Å². The molecule has 3 aromatic heterocycles. The highest BCUT2D eigenvalue weighted by Gasteiger charge is 2.33. The molecule has 1 aliphatic rings. The number of anilines is 1. The van der Waals surface area contributed by atoms with Crippen LogP contribution in [0, 0.1) is 5.82 Å². The fourth-order valence-electron chi connectivity index (χ4n) is 3.18. The van der Waals surface area contributed by atoms with E-state index < -0.39 is 17.4 Å². The van der Waals surface area contributed by atoms with Gasteiger partial charge < -0.3 is 10.2 Å². The third-order valence-electron chi connectivity index (χ3n) is 4.59. The van der Waals surface area contributed by atoms with Crippen LogP contribution in [0.1, 0.15) is 31.3 Å².